The summed E-state index contributed by atoms with van der Waals surface area (Å²) in [6, 6.07) is 10.5. The van der Waals surface area contributed by atoms with Gasteiger partial charge in [-0.25, -0.2) is 0 Å². The maximum absolute atomic E-state index is 12.7. The highest BCUT2D eigenvalue weighted by atomic mass is 31.2. The molecule has 1 aromatic carbocycles. The van der Waals surface area contributed by atoms with Crippen LogP contribution in [0.5, 0.6) is 0 Å². The standard InChI is InChI=1S/C23H39OP/c1-4-7-18-25(19-8-5-2,20-9-6-3)21-23(24)17-13-16-22-14-11-10-12-15-22/h10-12,14-15,21H,4-9,13,16-20H2,1-3H3. The Morgan fingerprint density at radius 1 is 0.840 bits per heavy atom. The van der Waals surface area contributed by atoms with Crippen LogP contribution in [0.1, 0.15) is 77.7 Å². The highest BCUT2D eigenvalue weighted by Crippen LogP contribution is 2.49. The van der Waals surface area contributed by atoms with E-state index in [1.54, 1.807) is 0 Å². The molecule has 1 aromatic rings. The van der Waals surface area contributed by atoms with Gasteiger partial charge in [0.05, 0.1) is 0 Å². The summed E-state index contributed by atoms with van der Waals surface area (Å²) in [7, 11) is 0. The van der Waals surface area contributed by atoms with Gasteiger partial charge in [0.15, 0.2) is 5.78 Å². The third kappa shape index (κ3) is 9.45. The van der Waals surface area contributed by atoms with Crippen molar-refractivity contribution in [3.8, 4) is 0 Å². The van der Waals surface area contributed by atoms with E-state index in [4.69, 9.17) is 0 Å². The van der Waals surface area contributed by atoms with Crippen LogP contribution in [-0.2, 0) is 11.2 Å². The van der Waals surface area contributed by atoms with Gasteiger partial charge in [0, 0.05) is 6.42 Å². The molecule has 0 amide bonds. The SMILES string of the molecule is CCCCP(=CC(=O)CCCc1ccccc1)(CCCC)CCCC. The smallest absolute Gasteiger partial charge is 0.155 e. The molecule has 0 heterocycles. The van der Waals surface area contributed by atoms with Gasteiger partial charge in [-0.05, 0) is 61.9 Å². The van der Waals surface area contributed by atoms with Crippen LogP contribution in [0.25, 0.3) is 0 Å². The summed E-state index contributed by atoms with van der Waals surface area (Å²) in [4.78, 5) is 12.7. The van der Waals surface area contributed by atoms with Crippen molar-refractivity contribution in [2.24, 2.45) is 0 Å². The minimum absolute atomic E-state index is 0.424. The molecule has 0 spiro atoms. The number of hydrogen-bond acceptors (Lipinski definition) is 1. The van der Waals surface area contributed by atoms with Gasteiger partial charge in [-0.3, -0.25) is 4.79 Å². The fraction of sp³-hybridized carbons (Fsp3) is 0.652. The topological polar surface area (TPSA) is 17.1 Å². The van der Waals surface area contributed by atoms with E-state index in [2.05, 4.69) is 56.9 Å². The zero-order valence-electron chi connectivity index (χ0n) is 16.8. The van der Waals surface area contributed by atoms with Crippen molar-refractivity contribution in [3.05, 3.63) is 35.9 Å². The molecule has 0 unspecified atom stereocenters. The highest BCUT2D eigenvalue weighted by Gasteiger charge is 2.18. The van der Waals surface area contributed by atoms with Crippen LogP contribution in [0.2, 0.25) is 0 Å². The molecule has 0 aromatic heterocycles. The molecule has 0 saturated carbocycles. The van der Waals surface area contributed by atoms with E-state index < -0.39 is 6.89 Å². The van der Waals surface area contributed by atoms with E-state index in [0.29, 0.717) is 5.78 Å². The molecule has 0 fully saturated rings. The molecule has 0 N–H and O–H groups in total. The molecule has 142 valence electrons. The lowest BCUT2D eigenvalue weighted by Gasteiger charge is -2.26. The van der Waals surface area contributed by atoms with Crippen LogP contribution in [0.15, 0.2) is 30.3 Å². The summed E-state index contributed by atoms with van der Waals surface area (Å²) >= 11 is 0. The number of Topliss-reactive ketones (excluding diaryl/α,β-unsaturated/α-hetero) is 1. The number of hydrogen-bond donors (Lipinski definition) is 0. The number of rotatable bonds is 14. The van der Waals surface area contributed by atoms with Crippen LogP contribution in [0.3, 0.4) is 0 Å². The molecule has 0 aliphatic heterocycles. The molecule has 0 aliphatic carbocycles. The number of unbranched alkanes of at least 4 members (excludes halogenated alkanes) is 3. The van der Waals surface area contributed by atoms with E-state index in [-0.39, 0.29) is 0 Å². The van der Waals surface area contributed by atoms with Crippen molar-refractivity contribution in [2.75, 3.05) is 18.5 Å². The summed E-state index contributed by atoms with van der Waals surface area (Å²) in [5.74, 6) is 2.69. The van der Waals surface area contributed by atoms with Gasteiger partial charge < -0.3 is 0 Å². The Kier molecular flexibility index (Phi) is 11.9. The maximum atomic E-state index is 12.7. The Bertz CT molecular complexity index is 490. The Hall–Kier alpha value is -0.810. The minimum Gasteiger partial charge on any atom is -0.295 e. The van der Waals surface area contributed by atoms with Crippen molar-refractivity contribution in [3.63, 3.8) is 0 Å². The van der Waals surface area contributed by atoms with Crippen molar-refractivity contribution in [2.45, 2.75) is 78.6 Å². The molecule has 0 radical (unpaired) electrons. The molecule has 1 rings (SSSR count). The number of carbonyl (C=O) groups excluding carboxylic acids is 1. The van der Waals surface area contributed by atoms with E-state index in [0.717, 1.165) is 19.3 Å². The molecule has 0 aliphatic rings. The molecule has 0 atom stereocenters. The zero-order chi connectivity index (χ0) is 18.4. The summed E-state index contributed by atoms with van der Waals surface area (Å²) in [5, 5.41) is 0. The lowest BCUT2D eigenvalue weighted by molar-refractivity contribution is -0.112. The van der Waals surface area contributed by atoms with E-state index in [9.17, 15) is 4.79 Å². The third-order valence-electron chi connectivity index (χ3n) is 5.02. The maximum Gasteiger partial charge on any atom is 0.155 e. The molecule has 0 saturated heterocycles. The number of benzene rings is 1. The number of aryl methyl sites for hydroxylation is 1. The summed E-state index contributed by atoms with van der Waals surface area (Å²) < 4.78 is 0. The predicted molar refractivity (Wildman–Crippen MR) is 117 cm³/mol. The second-order valence-electron chi connectivity index (χ2n) is 7.38. The monoisotopic (exact) mass is 362 g/mol. The lowest BCUT2D eigenvalue weighted by Crippen LogP contribution is -2.10. The van der Waals surface area contributed by atoms with Crippen LogP contribution < -0.4 is 0 Å². The molecule has 2 heteroatoms. The zero-order valence-corrected chi connectivity index (χ0v) is 17.7. The number of ketones is 1. The van der Waals surface area contributed by atoms with Gasteiger partial charge in [-0.1, -0.05) is 70.4 Å². The largest absolute Gasteiger partial charge is 0.295 e. The van der Waals surface area contributed by atoms with Crippen molar-refractivity contribution in [1.82, 2.24) is 0 Å². The Morgan fingerprint density at radius 3 is 1.84 bits per heavy atom. The first-order valence-corrected chi connectivity index (χ1v) is 12.9. The Morgan fingerprint density at radius 2 is 1.36 bits per heavy atom. The van der Waals surface area contributed by atoms with Crippen LogP contribution in [0.4, 0.5) is 0 Å². The summed E-state index contributed by atoms with van der Waals surface area (Å²) in [6.07, 6.45) is 14.2. The second-order valence-corrected chi connectivity index (χ2v) is 11.4. The molecule has 0 bridgehead atoms. The Labute approximate surface area is 156 Å². The lowest BCUT2D eigenvalue weighted by atomic mass is 10.1. The number of carbonyl (C=O) groups is 1. The van der Waals surface area contributed by atoms with E-state index in [1.807, 2.05) is 0 Å². The first-order valence-electron chi connectivity index (χ1n) is 10.4. The van der Waals surface area contributed by atoms with Crippen molar-refractivity contribution in [1.29, 1.82) is 0 Å². The minimum atomic E-state index is -1.19. The van der Waals surface area contributed by atoms with Crippen LogP contribution >= 0.6 is 6.89 Å². The fourth-order valence-corrected chi connectivity index (χ4v) is 8.07. The quantitative estimate of drug-likeness (QED) is 0.333. The highest BCUT2D eigenvalue weighted by molar-refractivity contribution is 7.76. The first kappa shape index (κ1) is 22.2. The van der Waals surface area contributed by atoms with Crippen LogP contribution in [-0.4, -0.2) is 30.1 Å². The molecule has 25 heavy (non-hydrogen) atoms. The Balaban J connectivity index is 2.72. The average Bonchev–Trinajstić information content (AvgIpc) is 2.63. The molecular weight excluding hydrogens is 323 g/mol. The van der Waals surface area contributed by atoms with E-state index in [1.165, 1.54) is 62.6 Å². The second kappa shape index (κ2) is 13.4. The van der Waals surface area contributed by atoms with Gasteiger partial charge in [0.1, 0.15) is 0 Å². The average molecular weight is 363 g/mol. The van der Waals surface area contributed by atoms with Crippen molar-refractivity contribution >= 4 is 18.5 Å². The molecular formula is C23H39OP. The van der Waals surface area contributed by atoms with Gasteiger partial charge in [0.25, 0.3) is 0 Å². The predicted octanol–water partition coefficient (Wildman–Crippen LogP) is 6.80. The first-order chi connectivity index (χ1) is 12.2. The van der Waals surface area contributed by atoms with Crippen molar-refractivity contribution < 1.29 is 4.79 Å². The summed E-state index contributed by atoms with van der Waals surface area (Å²) in [6.45, 7) is 5.63. The van der Waals surface area contributed by atoms with Gasteiger partial charge in [-0.15, -0.1) is 6.89 Å². The third-order valence-corrected chi connectivity index (χ3v) is 9.48. The van der Waals surface area contributed by atoms with Gasteiger partial charge >= 0.3 is 0 Å². The fourth-order valence-electron chi connectivity index (χ4n) is 3.43. The van der Waals surface area contributed by atoms with Crippen LogP contribution in [0, 0.1) is 0 Å². The van der Waals surface area contributed by atoms with Gasteiger partial charge in [-0.2, -0.15) is 0 Å². The van der Waals surface area contributed by atoms with E-state index >= 15 is 0 Å². The molecule has 1 nitrogen and oxygen atoms in total. The van der Waals surface area contributed by atoms with Gasteiger partial charge in [0.2, 0.25) is 0 Å². The summed E-state index contributed by atoms with van der Waals surface area (Å²) in [5.41, 5.74) is 1.35. The normalized spacial score (nSPS) is 11.5.